The SMILES string of the molecule is Cc1c(C(=O)C(C)Sc2nnc(CCC(=O)Nc3ccc(F)c(Cl)c3)n2C)c2ccccc2n1C. The van der Waals surface area contributed by atoms with E-state index >= 15 is 0 Å². The molecule has 4 aromatic rings. The number of amides is 1. The van der Waals surface area contributed by atoms with Gasteiger partial charge in [0.2, 0.25) is 5.91 Å². The molecular weight excluding hydrogens is 489 g/mol. The van der Waals surface area contributed by atoms with Crippen molar-refractivity contribution in [1.82, 2.24) is 19.3 Å². The molecule has 10 heteroatoms. The number of rotatable bonds is 8. The fourth-order valence-corrected chi connectivity index (χ4v) is 5.01. The van der Waals surface area contributed by atoms with Crippen LogP contribution in [0.5, 0.6) is 0 Å². The van der Waals surface area contributed by atoms with Crippen LogP contribution in [0.2, 0.25) is 5.02 Å². The van der Waals surface area contributed by atoms with Crippen molar-refractivity contribution < 1.29 is 14.0 Å². The summed E-state index contributed by atoms with van der Waals surface area (Å²) in [6.45, 7) is 3.82. The number of aromatic nitrogens is 4. The molecule has 1 amide bonds. The van der Waals surface area contributed by atoms with Crippen molar-refractivity contribution in [1.29, 1.82) is 0 Å². The van der Waals surface area contributed by atoms with E-state index in [1.807, 2.05) is 56.8 Å². The van der Waals surface area contributed by atoms with Crippen molar-refractivity contribution in [2.24, 2.45) is 14.1 Å². The van der Waals surface area contributed by atoms with E-state index in [0.717, 1.165) is 22.2 Å². The number of halogens is 2. The first-order valence-corrected chi connectivity index (χ1v) is 12.3. The van der Waals surface area contributed by atoms with Gasteiger partial charge in [0.25, 0.3) is 0 Å². The number of Topliss-reactive ketones (excluding diaryl/α,β-unsaturated/α-hetero) is 1. The molecule has 7 nitrogen and oxygen atoms in total. The van der Waals surface area contributed by atoms with E-state index in [-0.39, 0.29) is 28.4 Å². The summed E-state index contributed by atoms with van der Waals surface area (Å²) >= 11 is 7.10. The highest BCUT2D eigenvalue weighted by molar-refractivity contribution is 8.00. The van der Waals surface area contributed by atoms with Gasteiger partial charge in [0.15, 0.2) is 10.9 Å². The van der Waals surface area contributed by atoms with Crippen LogP contribution in [0.3, 0.4) is 0 Å². The van der Waals surface area contributed by atoms with Crippen molar-refractivity contribution in [3.63, 3.8) is 0 Å². The lowest BCUT2D eigenvalue weighted by Crippen LogP contribution is -2.16. The number of anilines is 1. The highest BCUT2D eigenvalue weighted by atomic mass is 35.5. The van der Waals surface area contributed by atoms with Crippen molar-refractivity contribution in [2.45, 2.75) is 37.1 Å². The van der Waals surface area contributed by atoms with Crippen LogP contribution in [0.15, 0.2) is 47.6 Å². The smallest absolute Gasteiger partial charge is 0.224 e. The molecule has 0 bridgehead atoms. The highest BCUT2D eigenvalue weighted by Gasteiger charge is 2.25. The Morgan fingerprint density at radius 3 is 2.63 bits per heavy atom. The topological polar surface area (TPSA) is 81.8 Å². The summed E-state index contributed by atoms with van der Waals surface area (Å²) in [6.07, 6.45) is 0.519. The average Bonchev–Trinajstić information content (AvgIpc) is 3.31. The van der Waals surface area contributed by atoms with Gasteiger partial charge in [-0.25, -0.2) is 4.39 Å². The Hall–Kier alpha value is -3.17. The quantitative estimate of drug-likeness (QED) is 0.254. The monoisotopic (exact) mass is 513 g/mol. The first kappa shape index (κ1) is 24.9. The molecular formula is C25H25ClFN5O2S. The molecule has 1 atom stereocenters. The van der Waals surface area contributed by atoms with Crippen LogP contribution in [0.25, 0.3) is 10.9 Å². The Balaban J connectivity index is 1.41. The number of carbonyl (C=O) groups excluding carboxylic acids is 2. The van der Waals surface area contributed by atoms with E-state index in [4.69, 9.17) is 11.6 Å². The largest absolute Gasteiger partial charge is 0.347 e. The number of carbonyl (C=O) groups is 2. The van der Waals surface area contributed by atoms with Crippen LogP contribution in [-0.2, 0) is 25.3 Å². The molecule has 0 aliphatic heterocycles. The van der Waals surface area contributed by atoms with Gasteiger partial charge in [0, 0.05) is 54.8 Å². The Bertz CT molecular complexity index is 1430. The average molecular weight is 514 g/mol. The van der Waals surface area contributed by atoms with E-state index in [9.17, 15) is 14.0 Å². The molecule has 1 unspecified atom stereocenters. The van der Waals surface area contributed by atoms with Crippen LogP contribution in [0.4, 0.5) is 10.1 Å². The number of ketones is 1. The van der Waals surface area contributed by atoms with Gasteiger partial charge in [0.1, 0.15) is 11.6 Å². The number of aryl methyl sites for hydroxylation is 2. The molecule has 0 aliphatic carbocycles. The minimum atomic E-state index is -0.544. The standard InChI is InChI=1S/C25H25ClFN5O2S/c1-14-23(17-7-5-6-8-20(17)31(14)3)24(34)15(2)35-25-30-29-21(32(25)4)11-12-22(33)28-16-9-10-19(27)18(26)13-16/h5-10,13,15H,11-12H2,1-4H3,(H,28,33). The molecule has 0 radical (unpaired) electrons. The summed E-state index contributed by atoms with van der Waals surface area (Å²) in [5, 5.41) is 12.2. The van der Waals surface area contributed by atoms with Gasteiger partial charge < -0.3 is 14.5 Å². The van der Waals surface area contributed by atoms with Gasteiger partial charge >= 0.3 is 0 Å². The predicted octanol–water partition coefficient (Wildman–Crippen LogP) is 5.34. The van der Waals surface area contributed by atoms with Crippen molar-refractivity contribution >= 4 is 51.6 Å². The van der Waals surface area contributed by atoms with Gasteiger partial charge in [-0.3, -0.25) is 9.59 Å². The fourth-order valence-electron chi connectivity index (χ4n) is 3.93. The van der Waals surface area contributed by atoms with Crippen LogP contribution in [-0.4, -0.2) is 36.3 Å². The lowest BCUT2D eigenvalue weighted by Gasteiger charge is -2.11. The van der Waals surface area contributed by atoms with E-state index in [1.165, 1.54) is 30.0 Å². The van der Waals surface area contributed by atoms with Crippen LogP contribution in [0.1, 0.15) is 35.2 Å². The number of nitrogens with one attached hydrogen (secondary N) is 1. The molecule has 182 valence electrons. The molecule has 4 rings (SSSR count). The van der Waals surface area contributed by atoms with Gasteiger partial charge in [-0.2, -0.15) is 0 Å². The van der Waals surface area contributed by atoms with Crippen LogP contribution < -0.4 is 5.32 Å². The molecule has 2 aromatic heterocycles. The zero-order valence-electron chi connectivity index (χ0n) is 19.8. The van der Waals surface area contributed by atoms with Crippen molar-refractivity contribution in [3.05, 3.63) is 70.4 Å². The number of para-hydroxylation sites is 1. The first-order chi connectivity index (χ1) is 16.7. The molecule has 0 aliphatic rings. The number of thioether (sulfide) groups is 1. The van der Waals surface area contributed by atoms with E-state index in [1.54, 1.807) is 4.57 Å². The third-order valence-corrected chi connectivity index (χ3v) is 7.43. The lowest BCUT2D eigenvalue weighted by molar-refractivity contribution is -0.116. The summed E-state index contributed by atoms with van der Waals surface area (Å²) in [5.41, 5.74) is 3.10. The molecule has 0 saturated carbocycles. The molecule has 2 aromatic carbocycles. The predicted molar refractivity (Wildman–Crippen MR) is 137 cm³/mol. The molecule has 0 saturated heterocycles. The van der Waals surface area contributed by atoms with Gasteiger partial charge in [-0.05, 0) is 38.1 Å². The maximum Gasteiger partial charge on any atom is 0.224 e. The van der Waals surface area contributed by atoms with Crippen LogP contribution >= 0.6 is 23.4 Å². The minimum absolute atomic E-state index is 0.0335. The third-order valence-electron chi connectivity index (χ3n) is 6.00. The summed E-state index contributed by atoms with van der Waals surface area (Å²) in [7, 11) is 3.78. The summed E-state index contributed by atoms with van der Waals surface area (Å²) in [6, 6.07) is 11.9. The normalized spacial score (nSPS) is 12.2. The van der Waals surface area contributed by atoms with E-state index in [2.05, 4.69) is 15.5 Å². The zero-order valence-corrected chi connectivity index (χ0v) is 21.4. The van der Waals surface area contributed by atoms with Gasteiger partial charge in [-0.15, -0.1) is 10.2 Å². The molecule has 0 fully saturated rings. The maximum absolute atomic E-state index is 13.4. The van der Waals surface area contributed by atoms with Crippen LogP contribution in [0, 0.1) is 12.7 Å². The minimum Gasteiger partial charge on any atom is -0.347 e. The van der Waals surface area contributed by atoms with E-state index < -0.39 is 5.82 Å². The van der Waals surface area contributed by atoms with Crippen molar-refractivity contribution in [2.75, 3.05) is 5.32 Å². The summed E-state index contributed by atoms with van der Waals surface area (Å²) in [4.78, 5) is 25.7. The number of benzene rings is 2. The number of nitrogens with zero attached hydrogens (tertiary/aromatic N) is 4. The fraction of sp³-hybridized carbons (Fsp3) is 0.280. The Morgan fingerprint density at radius 1 is 1.14 bits per heavy atom. The third kappa shape index (κ3) is 5.11. The number of hydrogen-bond donors (Lipinski definition) is 1. The lowest BCUT2D eigenvalue weighted by atomic mass is 10.1. The summed E-state index contributed by atoms with van der Waals surface area (Å²) < 4.78 is 17.1. The van der Waals surface area contributed by atoms with Gasteiger partial charge in [-0.1, -0.05) is 41.6 Å². The second kappa shape index (κ2) is 10.2. The second-order valence-electron chi connectivity index (χ2n) is 8.30. The molecule has 0 spiro atoms. The Morgan fingerprint density at radius 2 is 1.89 bits per heavy atom. The molecule has 35 heavy (non-hydrogen) atoms. The maximum atomic E-state index is 13.4. The van der Waals surface area contributed by atoms with E-state index in [0.29, 0.717) is 23.1 Å². The van der Waals surface area contributed by atoms with Gasteiger partial charge in [0.05, 0.1) is 10.3 Å². The van der Waals surface area contributed by atoms with Crippen molar-refractivity contribution in [3.8, 4) is 0 Å². The highest BCUT2D eigenvalue weighted by Crippen LogP contribution is 2.31. The number of fused-ring (bicyclic) bond motifs is 1. The Kier molecular flexibility index (Phi) is 7.28. The first-order valence-electron chi connectivity index (χ1n) is 11.1. The number of hydrogen-bond acceptors (Lipinski definition) is 5. The second-order valence-corrected chi connectivity index (χ2v) is 10.0. The summed E-state index contributed by atoms with van der Waals surface area (Å²) in [5.74, 6) is -0.135. The molecule has 2 heterocycles. The molecule has 1 N–H and O–H groups in total. The Labute approximate surface area is 211 Å². The zero-order chi connectivity index (χ0) is 25.3.